The summed E-state index contributed by atoms with van der Waals surface area (Å²) in [7, 11) is 0. The maximum absolute atomic E-state index is 12.3. The summed E-state index contributed by atoms with van der Waals surface area (Å²) in [5.41, 5.74) is -0.0128. The maximum atomic E-state index is 12.3. The standard InChI is InChI=1S/C17H26N4O3/c1-17(2,3)14-6-4-5-9-19(14)11-12-10-18-16-13(21(23)24)7-8-15(22)20(12)16/h7-8,12,14,18H,4-6,9-11H2,1-3H3. The Hall–Kier alpha value is -1.89. The second-order valence-electron chi connectivity index (χ2n) is 7.94. The number of rotatable bonds is 3. The number of likely N-dealkylation sites (tertiary alicyclic amines) is 1. The predicted molar refractivity (Wildman–Crippen MR) is 93.6 cm³/mol. The number of piperidine rings is 1. The molecule has 0 saturated carbocycles. The van der Waals surface area contributed by atoms with Crippen molar-refractivity contribution in [2.24, 2.45) is 5.41 Å². The van der Waals surface area contributed by atoms with Gasteiger partial charge in [-0.1, -0.05) is 27.2 Å². The Kier molecular flexibility index (Phi) is 4.38. The van der Waals surface area contributed by atoms with Crippen LogP contribution < -0.4 is 10.9 Å². The number of nitro groups is 1. The van der Waals surface area contributed by atoms with Crippen molar-refractivity contribution in [1.29, 1.82) is 0 Å². The van der Waals surface area contributed by atoms with Gasteiger partial charge in [-0.2, -0.15) is 0 Å². The van der Waals surface area contributed by atoms with E-state index in [4.69, 9.17) is 0 Å². The van der Waals surface area contributed by atoms with Crippen molar-refractivity contribution in [3.8, 4) is 0 Å². The van der Waals surface area contributed by atoms with E-state index in [1.165, 1.54) is 31.4 Å². The first kappa shape index (κ1) is 17.0. The number of nitrogens with one attached hydrogen (secondary N) is 1. The van der Waals surface area contributed by atoms with Gasteiger partial charge < -0.3 is 5.32 Å². The molecule has 0 aliphatic carbocycles. The molecule has 2 aliphatic heterocycles. The third-order valence-corrected chi connectivity index (χ3v) is 5.23. The average Bonchev–Trinajstić information content (AvgIpc) is 2.91. The van der Waals surface area contributed by atoms with Crippen LogP contribution >= 0.6 is 0 Å². The van der Waals surface area contributed by atoms with Crippen LogP contribution in [0.1, 0.15) is 46.1 Å². The van der Waals surface area contributed by atoms with Crippen LogP contribution in [0.3, 0.4) is 0 Å². The minimum atomic E-state index is -0.431. The molecule has 2 atom stereocenters. The van der Waals surface area contributed by atoms with Crippen molar-refractivity contribution in [3.05, 3.63) is 32.6 Å². The smallest absolute Gasteiger partial charge is 0.309 e. The van der Waals surface area contributed by atoms with Gasteiger partial charge in [-0.25, -0.2) is 0 Å². The van der Waals surface area contributed by atoms with Gasteiger partial charge in [-0.05, 0) is 24.8 Å². The van der Waals surface area contributed by atoms with Gasteiger partial charge in [0.15, 0.2) is 5.82 Å². The molecule has 3 rings (SSSR count). The van der Waals surface area contributed by atoms with Crippen LogP contribution in [0.2, 0.25) is 0 Å². The van der Waals surface area contributed by atoms with Gasteiger partial charge in [0.25, 0.3) is 5.56 Å². The fourth-order valence-corrected chi connectivity index (χ4v) is 4.14. The lowest BCUT2D eigenvalue weighted by atomic mass is 9.80. The summed E-state index contributed by atoms with van der Waals surface area (Å²) in [5, 5.41) is 14.3. The quantitative estimate of drug-likeness (QED) is 0.679. The number of fused-ring (bicyclic) bond motifs is 1. The van der Waals surface area contributed by atoms with Gasteiger partial charge >= 0.3 is 5.69 Å². The molecule has 1 aromatic rings. The van der Waals surface area contributed by atoms with Crippen LogP contribution in [0.5, 0.6) is 0 Å². The highest BCUT2D eigenvalue weighted by atomic mass is 16.6. The van der Waals surface area contributed by atoms with Crippen molar-refractivity contribution >= 4 is 11.5 Å². The molecule has 7 nitrogen and oxygen atoms in total. The molecule has 0 radical (unpaired) electrons. The number of hydrogen-bond donors (Lipinski definition) is 1. The predicted octanol–water partition coefficient (Wildman–Crippen LogP) is 2.62. The second-order valence-corrected chi connectivity index (χ2v) is 7.94. The van der Waals surface area contributed by atoms with E-state index >= 15 is 0 Å². The van der Waals surface area contributed by atoms with Crippen molar-refractivity contribution in [2.75, 3.05) is 25.0 Å². The topological polar surface area (TPSA) is 80.4 Å². The lowest BCUT2D eigenvalue weighted by Crippen LogP contribution is -2.49. The van der Waals surface area contributed by atoms with Crippen molar-refractivity contribution in [1.82, 2.24) is 9.47 Å². The van der Waals surface area contributed by atoms with Gasteiger partial charge in [0.05, 0.1) is 11.0 Å². The monoisotopic (exact) mass is 334 g/mol. The van der Waals surface area contributed by atoms with Gasteiger partial charge in [-0.15, -0.1) is 0 Å². The number of aromatic nitrogens is 1. The van der Waals surface area contributed by atoms with E-state index < -0.39 is 4.92 Å². The molecular formula is C17H26N4O3. The van der Waals surface area contributed by atoms with E-state index in [1.807, 2.05) is 0 Å². The van der Waals surface area contributed by atoms with E-state index in [0.29, 0.717) is 18.4 Å². The Labute approximate surface area is 141 Å². The summed E-state index contributed by atoms with van der Waals surface area (Å²) in [6, 6.07) is 3.02. The molecule has 0 spiro atoms. The number of pyridine rings is 1. The third-order valence-electron chi connectivity index (χ3n) is 5.23. The highest BCUT2D eigenvalue weighted by Crippen LogP contribution is 2.35. The number of nitrogens with zero attached hydrogens (tertiary/aromatic N) is 3. The third kappa shape index (κ3) is 3.05. The minimum Gasteiger partial charge on any atom is -0.364 e. The SMILES string of the molecule is CC(C)(C)C1CCCCN1CC1CNc2c([N+](=O)[O-])ccc(=O)n21. The summed E-state index contributed by atoms with van der Waals surface area (Å²) in [6.07, 6.45) is 3.58. The van der Waals surface area contributed by atoms with Crippen LogP contribution in [-0.4, -0.2) is 40.1 Å². The van der Waals surface area contributed by atoms with Gasteiger partial charge in [0, 0.05) is 31.3 Å². The molecule has 24 heavy (non-hydrogen) atoms. The molecule has 0 amide bonds. The van der Waals surface area contributed by atoms with Crippen molar-refractivity contribution in [3.63, 3.8) is 0 Å². The van der Waals surface area contributed by atoms with E-state index in [9.17, 15) is 14.9 Å². The molecule has 2 aliphatic rings. The van der Waals surface area contributed by atoms with E-state index in [0.717, 1.165) is 13.1 Å². The Morgan fingerprint density at radius 1 is 1.33 bits per heavy atom. The first-order valence-corrected chi connectivity index (χ1v) is 8.67. The second kappa shape index (κ2) is 6.20. The molecule has 0 aromatic carbocycles. The van der Waals surface area contributed by atoms with Crippen LogP contribution in [-0.2, 0) is 0 Å². The molecule has 0 bridgehead atoms. The largest absolute Gasteiger partial charge is 0.364 e. The summed E-state index contributed by atoms with van der Waals surface area (Å²) in [6.45, 7) is 9.11. The zero-order valence-electron chi connectivity index (χ0n) is 14.6. The molecule has 3 heterocycles. The average molecular weight is 334 g/mol. The summed E-state index contributed by atoms with van der Waals surface area (Å²) in [4.78, 5) is 25.5. The molecule has 132 valence electrons. The highest BCUT2D eigenvalue weighted by Gasteiger charge is 2.36. The Morgan fingerprint density at radius 3 is 2.75 bits per heavy atom. The van der Waals surface area contributed by atoms with Crippen LogP contribution in [0, 0.1) is 15.5 Å². The maximum Gasteiger partial charge on any atom is 0.309 e. The molecule has 2 unspecified atom stereocenters. The fraction of sp³-hybridized carbons (Fsp3) is 0.706. The van der Waals surface area contributed by atoms with Gasteiger partial charge in [-0.3, -0.25) is 24.4 Å². The number of anilines is 1. The summed E-state index contributed by atoms with van der Waals surface area (Å²) in [5.74, 6) is 0.349. The molecule has 1 fully saturated rings. The lowest BCUT2D eigenvalue weighted by Gasteiger charge is -2.44. The van der Waals surface area contributed by atoms with E-state index in [1.54, 1.807) is 4.57 Å². The van der Waals surface area contributed by atoms with Crippen LogP contribution in [0.25, 0.3) is 0 Å². The summed E-state index contributed by atoms with van der Waals surface area (Å²) < 4.78 is 1.58. The Morgan fingerprint density at radius 2 is 2.08 bits per heavy atom. The zero-order chi connectivity index (χ0) is 17.5. The first-order chi connectivity index (χ1) is 11.3. The zero-order valence-corrected chi connectivity index (χ0v) is 14.6. The van der Waals surface area contributed by atoms with Crippen molar-refractivity contribution in [2.45, 2.75) is 52.1 Å². The molecule has 7 heteroatoms. The van der Waals surface area contributed by atoms with Gasteiger partial charge in [0.2, 0.25) is 0 Å². The fourth-order valence-electron chi connectivity index (χ4n) is 4.14. The Bertz CT molecular complexity index is 692. The van der Waals surface area contributed by atoms with E-state index in [2.05, 4.69) is 31.0 Å². The lowest BCUT2D eigenvalue weighted by molar-refractivity contribution is -0.384. The van der Waals surface area contributed by atoms with Crippen molar-refractivity contribution < 1.29 is 4.92 Å². The molecule has 1 N–H and O–H groups in total. The molecule has 1 aromatic heterocycles. The number of hydrogen-bond acceptors (Lipinski definition) is 5. The van der Waals surface area contributed by atoms with Crippen LogP contribution in [0.15, 0.2) is 16.9 Å². The first-order valence-electron chi connectivity index (χ1n) is 8.67. The highest BCUT2D eigenvalue weighted by molar-refractivity contribution is 5.58. The van der Waals surface area contributed by atoms with Crippen LogP contribution in [0.4, 0.5) is 11.5 Å². The van der Waals surface area contributed by atoms with Gasteiger partial charge in [0.1, 0.15) is 0 Å². The minimum absolute atomic E-state index is 0.0249. The Balaban J connectivity index is 1.88. The molecule has 1 saturated heterocycles. The summed E-state index contributed by atoms with van der Waals surface area (Å²) >= 11 is 0. The molecular weight excluding hydrogens is 308 g/mol. The van der Waals surface area contributed by atoms with E-state index in [-0.39, 0.29) is 22.7 Å². The normalized spacial score (nSPS) is 24.5.